The highest BCUT2D eigenvalue weighted by atomic mass is 16.5. The maximum absolute atomic E-state index is 12.3. The van der Waals surface area contributed by atoms with Crippen LogP contribution in [0.3, 0.4) is 0 Å². The van der Waals surface area contributed by atoms with Crippen molar-refractivity contribution in [3.63, 3.8) is 0 Å². The molecule has 24 heavy (non-hydrogen) atoms. The molecule has 3 rings (SSSR count). The van der Waals surface area contributed by atoms with Crippen molar-refractivity contribution < 1.29 is 28.5 Å². The van der Waals surface area contributed by atoms with Crippen molar-refractivity contribution in [3.05, 3.63) is 45.5 Å². The number of carbonyl (C=O) groups is 1. The lowest BCUT2D eigenvalue weighted by Crippen LogP contribution is -2.26. The molecule has 0 spiro atoms. The number of hydrogen-bond acceptors (Lipinski definition) is 7. The van der Waals surface area contributed by atoms with Crippen molar-refractivity contribution in [1.29, 1.82) is 0 Å². The maximum Gasteiger partial charge on any atom is 0.343 e. The Kier molecular flexibility index (Phi) is 3.92. The summed E-state index contributed by atoms with van der Waals surface area (Å²) >= 11 is 0. The zero-order valence-corrected chi connectivity index (χ0v) is 13.4. The van der Waals surface area contributed by atoms with Gasteiger partial charge in [-0.05, 0) is 24.6 Å². The van der Waals surface area contributed by atoms with E-state index in [0.29, 0.717) is 11.3 Å². The molecule has 1 aromatic carbocycles. The number of benzene rings is 1. The maximum atomic E-state index is 12.3. The molecule has 2 heterocycles. The van der Waals surface area contributed by atoms with Gasteiger partial charge in [-0.25, -0.2) is 4.79 Å². The fraction of sp³-hybridized carbons (Fsp3) is 0.294. The molecule has 0 fully saturated rings. The van der Waals surface area contributed by atoms with Crippen LogP contribution in [0.1, 0.15) is 29.2 Å². The number of aryl methyl sites for hydroxylation is 1. The van der Waals surface area contributed by atoms with Crippen LogP contribution in [-0.2, 0) is 4.79 Å². The lowest BCUT2D eigenvalue weighted by atomic mass is 9.87. The van der Waals surface area contributed by atoms with Crippen LogP contribution in [0.5, 0.6) is 23.0 Å². The predicted octanol–water partition coefficient (Wildman–Crippen LogP) is 2.11. The predicted molar refractivity (Wildman–Crippen MR) is 83.0 cm³/mol. The summed E-state index contributed by atoms with van der Waals surface area (Å²) in [5.41, 5.74) is 0.277. The molecule has 1 aromatic heterocycles. The van der Waals surface area contributed by atoms with Crippen LogP contribution in [-0.4, -0.2) is 25.3 Å². The van der Waals surface area contributed by atoms with Gasteiger partial charge >= 0.3 is 11.6 Å². The third kappa shape index (κ3) is 2.58. The Morgan fingerprint density at radius 3 is 2.33 bits per heavy atom. The van der Waals surface area contributed by atoms with Crippen LogP contribution >= 0.6 is 0 Å². The van der Waals surface area contributed by atoms with Crippen LogP contribution in [0.25, 0.3) is 0 Å². The fourth-order valence-corrected chi connectivity index (χ4v) is 2.82. The van der Waals surface area contributed by atoms with Gasteiger partial charge in [0.1, 0.15) is 11.5 Å². The van der Waals surface area contributed by atoms with Gasteiger partial charge in [0.05, 0.1) is 26.2 Å². The molecule has 7 nitrogen and oxygen atoms in total. The van der Waals surface area contributed by atoms with E-state index in [-0.39, 0.29) is 35.0 Å². The van der Waals surface area contributed by atoms with Gasteiger partial charge in [-0.15, -0.1) is 0 Å². The number of aromatic hydroxyl groups is 1. The third-order valence-electron chi connectivity index (χ3n) is 3.92. The topological polar surface area (TPSA) is 95.2 Å². The number of ether oxygens (including phenoxy) is 3. The van der Waals surface area contributed by atoms with E-state index in [4.69, 9.17) is 18.6 Å². The molecule has 2 aromatic rings. The molecule has 0 aliphatic carbocycles. The quantitative estimate of drug-likeness (QED) is 0.860. The average Bonchev–Trinajstić information content (AvgIpc) is 2.53. The number of fused-ring (bicyclic) bond motifs is 1. The molecule has 1 atom stereocenters. The molecule has 1 aliphatic rings. The smallest absolute Gasteiger partial charge is 0.343 e. The number of phenolic OH excluding ortho intramolecular Hbond substituents is 1. The van der Waals surface area contributed by atoms with E-state index < -0.39 is 17.5 Å². The Morgan fingerprint density at radius 2 is 1.75 bits per heavy atom. The average molecular weight is 332 g/mol. The lowest BCUT2D eigenvalue weighted by Gasteiger charge is -2.24. The van der Waals surface area contributed by atoms with E-state index in [1.165, 1.54) is 20.3 Å². The normalized spacial score (nSPS) is 16.3. The monoisotopic (exact) mass is 332 g/mol. The summed E-state index contributed by atoms with van der Waals surface area (Å²) in [6.07, 6.45) is -0.0299. The van der Waals surface area contributed by atoms with E-state index >= 15 is 0 Å². The van der Waals surface area contributed by atoms with Gasteiger partial charge in [0.2, 0.25) is 5.75 Å². The van der Waals surface area contributed by atoms with E-state index in [1.54, 1.807) is 19.1 Å². The third-order valence-corrected chi connectivity index (χ3v) is 3.92. The molecule has 1 N–H and O–H groups in total. The van der Waals surface area contributed by atoms with Gasteiger partial charge in [-0.2, -0.15) is 0 Å². The zero-order valence-electron chi connectivity index (χ0n) is 13.4. The van der Waals surface area contributed by atoms with E-state index in [9.17, 15) is 14.7 Å². The van der Waals surface area contributed by atoms with Gasteiger partial charge in [-0.3, -0.25) is 4.79 Å². The minimum atomic E-state index is -0.582. The summed E-state index contributed by atoms with van der Waals surface area (Å²) in [7, 11) is 2.80. The van der Waals surface area contributed by atoms with Gasteiger partial charge in [0.15, 0.2) is 11.5 Å². The Morgan fingerprint density at radius 1 is 1.12 bits per heavy atom. The Labute approximate surface area is 137 Å². The summed E-state index contributed by atoms with van der Waals surface area (Å²) < 4.78 is 20.6. The number of carbonyl (C=O) groups excluding carboxylic acids is 1. The van der Waals surface area contributed by atoms with Crippen molar-refractivity contribution in [2.24, 2.45) is 0 Å². The van der Waals surface area contributed by atoms with E-state index in [1.807, 2.05) is 0 Å². The van der Waals surface area contributed by atoms with Gasteiger partial charge in [-0.1, -0.05) is 0 Å². The molecule has 0 bridgehead atoms. The van der Waals surface area contributed by atoms with E-state index in [0.717, 1.165) is 0 Å². The standard InChI is InChI=1S/C17H16O7/c1-8-4-11-15(17(20)23-8)10(7-14(18)24-11)9-5-12(21-2)16(19)13(6-9)22-3/h4-6,10,19H,7H2,1-3H3/t10-/m0/s1. The van der Waals surface area contributed by atoms with Crippen LogP contribution in [0.4, 0.5) is 0 Å². The number of esters is 1. The highest BCUT2D eigenvalue weighted by Gasteiger charge is 2.33. The van der Waals surface area contributed by atoms with Gasteiger partial charge in [0.25, 0.3) is 0 Å². The highest BCUT2D eigenvalue weighted by molar-refractivity contribution is 5.77. The van der Waals surface area contributed by atoms with Crippen molar-refractivity contribution in [3.8, 4) is 23.0 Å². The molecule has 0 radical (unpaired) electrons. The second-order valence-corrected chi connectivity index (χ2v) is 5.43. The summed E-state index contributed by atoms with van der Waals surface area (Å²) in [5, 5.41) is 10.0. The summed E-state index contributed by atoms with van der Waals surface area (Å²) in [4.78, 5) is 24.2. The first-order chi connectivity index (χ1) is 11.4. The molecule has 7 heteroatoms. The van der Waals surface area contributed by atoms with Crippen molar-refractivity contribution in [2.45, 2.75) is 19.3 Å². The number of methoxy groups -OCH3 is 2. The lowest BCUT2D eigenvalue weighted by molar-refractivity contribution is -0.135. The molecule has 126 valence electrons. The molecule has 1 aliphatic heterocycles. The van der Waals surface area contributed by atoms with Gasteiger partial charge < -0.3 is 23.7 Å². The van der Waals surface area contributed by atoms with Crippen LogP contribution in [0, 0.1) is 6.92 Å². The van der Waals surface area contributed by atoms with Crippen LogP contribution in [0.2, 0.25) is 0 Å². The molecule has 0 unspecified atom stereocenters. The van der Waals surface area contributed by atoms with Crippen LogP contribution in [0.15, 0.2) is 27.4 Å². The van der Waals surface area contributed by atoms with E-state index in [2.05, 4.69) is 0 Å². The van der Waals surface area contributed by atoms with Crippen molar-refractivity contribution in [1.82, 2.24) is 0 Å². The molecular weight excluding hydrogens is 316 g/mol. The number of rotatable bonds is 3. The number of phenols is 1. The molecule has 0 saturated heterocycles. The zero-order chi connectivity index (χ0) is 17.4. The van der Waals surface area contributed by atoms with Crippen molar-refractivity contribution >= 4 is 5.97 Å². The summed E-state index contributed by atoms with van der Waals surface area (Å²) in [5.74, 6) is -0.282. The van der Waals surface area contributed by atoms with Crippen molar-refractivity contribution in [2.75, 3.05) is 14.2 Å². The minimum absolute atomic E-state index is 0.0299. The summed E-state index contributed by atoms with van der Waals surface area (Å²) in [6, 6.07) is 4.63. The largest absolute Gasteiger partial charge is 0.502 e. The SMILES string of the molecule is COc1cc([C@@H]2CC(=O)Oc3cc(C)oc(=O)c32)cc(OC)c1O. The Balaban J connectivity index is 2.21. The Bertz CT molecular complexity index is 841. The Hall–Kier alpha value is -2.96. The first-order valence-electron chi connectivity index (χ1n) is 7.24. The second-order valence-electron chi connectivity index (χ2n) is 5.43. The minimum Gasteiger partial charge on any atom is -0.502 e. The first kappa shape index (κ1) is 15.9. The second kappa shape index (κ2) is 5.92. The highest BCUT2D eigenvalue weighted by Crippen LogP contribution is 2.43. The summed E-state index contributed by atoms with van der Waals surface area (Å²) in [6.45, 7) is 1.60. The first-order valence-corrected chi connectivity index (χ1v) is 7.24. The molecular formula is C17H16O7. The van der Waals surface area contributed by atoms with Gasteiger partial charge in [0, 0.05) is 12.0 Å². The number of hydrogen-bond donors (Lipinski definition) is 1. The fourth-order valence-electron chi connectivity index (χ4n) is 2.82. The molecule has 0 saturated carbocycles. The molecule has 0 amide bonds. The van der Waals surface area contributed by atoms with Crippen LogP contribution < -0.4 is 19.8 Å².